The van der Waals surface area contributed by atoms with Gasteiger partial charge in [-0.25, -0.2) is 4.79 Å². The highest BCUT2D eigenvalue weighted by molar-refractivity contribution is 7.87. The van der Waals surface area contributed by atoms with Crippen molar-refractivity contribution >= 4 is 40.0 Å². The number of esters is 2. The maximum atomic E-state index is 11.4. The Labute approximate surface area is 133 Å². The topological polar surface area (TPSA) is 230 Å². The SMILES string of the molecule is O=C(O)CC(C(=O)OC(=O)CC(O)(CC(=O)O)C(=O)O)S(=O)(=O)O. The molecule has 0 aliphatic heterocycles. The fourth-order valence-electron chi connectivity index (χ4n) is 1.39. The zero-order chi connectivity index (χ0) is 19.3. The van der Waals surface area contributed by atoms with E-state index in [2.05, 4.69) is 4.74 Å². The molecule has 0 heterocycles. The molecule has 0 rings (SSSR count). The molecule has 13 nitrogen and oxygen atoms in total. The molecule has 0 aliphatic rings. The summed E-state index contributed by atoms with van der Waals surface area (Å²) in [6, 6.07) is 0. The van der Waals surface area contributed by atoms with Crippen LogP contribution < -0.4 is 0 Å². The molecule has 2 unspecified atom stereocenters. The van der Waals surface area contributed by atoms with Gasteiger partial charge in [0.05, 0.1) is 19.3 Å². The molecule has 0 aromatic heterocycles. The van der Waals surface area contributed by atoms with Crippen LogP contribution in [0.25, 0.3) is 0 Å². The van der Waals surface area contributed by atoms with Crippen LogP contribution in [0.5, 0.6) is 0 Å². The lowest BCUT2D eigenvalue weighted by Crippen LogP contribution is -2.44. The highest BCUT2D eigenvalue weighted by Gasteiger charge is 2.43. The van der Waals surface area contributed by atoms with Crippen molar-refractivity contribution in [3.05, 3.63) is 0 Å². The van der Waals surface area contributed by atoms with E-state index in [1.54, 1.807) is 0 Å². The average Bonchev–Trinajstić information content (AvgIpc) is 2.32. The van der Waals surface area contributed by atoms with E-state index in [4.69, 9.17) is 19.9 Å². The Morgan fingerprint density at radius 1 is 0.958 bits per heavy atom. The molecule has 5 N–H and O–H groups in total. The van der Waals surface area contributed by atoms with Crippen LogP contribution in [0.4, 0.5) is 0 Å². The number of aliphatic carboxylic acids is 3. The molecule has 136 valence electrons. The second kappa shape index (κ2) is 7.80. The fourth-order valence-corrected chi connectivity index (χ4v) is 2.03. The van der Waals surface area contributed by atoms with Crippen LogP contribution in [0.1, 0.15) is 19.3 Å². The van der Waals surface area contributed by atoms with Gasteiger partial charge in [0.15, 0.2) is 10.9 Å². The monoisotopic (exact) mass is 372 g/mol. The van der Waals surface area contributed by atoms with Crippen molar-refractivity contribution in [3.8, 4) is 0 Å². The van der Waals surface area contributed by atoms with Crippen LogP contribution in [0.3, 0.4) is 0 Å². The molecule has 24 heavy (non-hydrogen) atoms. The minimum absolute atomic E-state index is 1.44. The van der Waals surface area contributed by atoms with Crippen LogP contribution in [0, 0.1) is 0 Å². The van der Waals surface area contributed by atoms with Crippen molar-refractivity contribution < 1.29 is 62.1 Å². The maximum Gasteiger partial charge on any atom is 0.336 e. The van der Waals surface area contributed by atoms with Crippen molar-refractivity contribution in [2.45, 2.75) is 30.1 Å². The molecule has 0 fully saturated rings. The Morgan fingerprint density at radius 2 is 1.46 bits per heavy atom. The summed E-state index contributed by atoms with van der Waals surface area (Å²) in [7, 11) is -5.26. The lowest BCUT2D eigenvalue weighted by atomic mass is 9.96. The number of rotatable bonds is 9. The number of carboxylic acids is 3. The average molecular weight is 372 g/mol. The Hall–Kier alpha value is -2.58. The quantitative estimate of drug-likeness (QED) is 0.160. The number of carbonyl (C=O) groups excluding carboxylic acids is 2. The maximum absolute atomic E-state index is 11.4. The Kier molecular flexibility index (Phi) is 6.96. The fraction of sp³-hybridized carbons (Fsp3) is 0.500. The van der Waals surface area contributed by atoms with E-state index in [1.165, 1.54) is 0 Å². The second-order valence-corrected chi connectivity index (χ2v) is 6.08. The zero-order valence-corrected chi connectivity index (χ0v) is 12.4. The normalized spacial score (nSPS) is 14.9. The summed E-state index contributed by atoms with van der Waals surface area (Å²) in [5.74, 6) is -9.65. The minimum Gasteiger partial charge on any atom is -0.481 e. The molecular formula is C10H12O13S. The van der Waals surface area contributed by atoms with Gasteiger partial charge in [-0.05, 0) is 0 Å². The molecule has 0 aromatic carbocycles. The van der Waals surface area contributed by atoms with E-state index in [1.807, 2.05) is 0 Å². The Balaban J connectivity index is 5.20. The van der Waals surface area contributed by atoms with Crippen molar-refractivity contribution in [2.24, 2.45) is 0 Å². The smallest absolute Gasteiger partial charge is 0.336 e. The van der Waals surface area contributed by atoms with Gasteiger partial charge in [-0.2, -0.15) is 8.42 Å². The van der Waals surface area contributed by atoms with E-state index in [-0.39, 0.29) is 0 Å². The van der Waals surface area contributed by atoms with Crippen LogP contribution in [-0.4, -0.2) is 74.1 Å². The van der Waals surface area contributed by atoms with Crippen LogP contribution in [0.15, 0.2) is 0 Å². The van der Waals surface area contributed by atoms with Gasteiger partial charge in [-0.3, -0.25) is 23.7 Å². The number of carbonyl (C=O) groups is 5. The lowest BCUT2D eigenvalue weighted by Gasteiger charge is -2.20. The van der Waals surface area contributed by atoms with Gasteiger partial charge in [-0.15, -0.1) is 0 Å². The van der Waals surface area contributed by atoms with E-state index >= 15 is 0 Å². The molecule has 14 heteroatoms. The van der Waals surface area contributed by atoms with Crippen LogP contribution in [0.2, 0.25) is 0 Å². The first-order valence-electron chi connectivity index (χ1n) is 5.79. The number of hydrogen-bond donors (Lipinski definition) is 5. The number of ether oxygens (including phenoxy) is 1. The number of carboxylic acid groups (broad SMARTS) is 3. The van der Waals surface area contributed by atoms with E-state index < -0.39 is 70.1 Å². The molecule has 2 atom stereocenters. The summed E-state index contributed by atoms with van der Waals surface area (Å²) in [5, 5.41) is 32.5. The zero-order valence-electron chi connectivity index (χ0n) is 11.6. The van der Waals surface area contributed by atoms with Gasteiger partial charge in [0.25, 0.3) is 10.1 Å². The van der Waals surface area contributed by atoms with Gasteiger partial charge in [0.2, 0.25) is 0 Å². The predicted octanol–water partition coefficient (Wildman–Crippen LogP) is -2.53. The van der Waals surface area contributed by atoms with Crippen molar-refractivity contribution in [1.29, 1.82) is 0 Å². The van der Waals surface area contributed by atoms with Crippen molar-refractivity contribution in [2.75, 3.05) is 0 Å². The predicted molar refractivity (Wildman–Crippen MR) is 68.1 cm³/mol. The first kappa shape index (κ1) is 21.4. The summed E-state index contributed by atoms with van der Waals surface area (Å²) in [6.07, 6.45) is -4.45. The van der Waals surface area contributed by atoms with Gasteiger partial charge < -0.3 is 25.2 Å². The third-order valence-electron chi connectivity index (χ3n) is 2.48. The highest BCUT2D eigenvalue weighted by Crippen LogP contribution is 2.18. The van der Waals surface area contributed by atoms with Gasteiger partial charge in [0.1, 0.15) is 0 Å². The minimum atomic E-state index is -5.26. The third kappa shape index (κ3) is 6.67. The molecule has 0 amide bonds. The van der Waals surface area contributed by atoms with E-state index in [0.29, 0.717) is 0 Å². The Morgan fingerprint density at radius 3 is 1.79 bits per heavy atom. The van der Waals surface area contributed by atoms with Gasteiger partial charge >= 0.3 is 29.8 Å². The lowest BCUT2D eigenvalue weighted by molar-refractivity contribution is -0.174. The third-order valence-corrected chi connectivity index (χ3v) is 3.55. The number of aliphatic hydroxyl groups is 1. The van der Waals surface area contributed by atoms with Crippen LogP contribution >= 0.6 is 0 Å². The molecule has 0 saturated carbocycles. The first-order chi connectivity index (χ1) is 10.7. The summed E-state index contributed by atoms with van der Waals surface area (Å²) >= 11 is 0. The molecule has 0 radical (unpaired) electrons. The van der Waals surface area contributed by atoms with Crippen LogP contribution in [-0.2, 0) is 38.8 Å². The highest BCUT2D eigenvalue weighted by atomic mass is 32.2. The standard InChI is InChI=1S/C10H12O13S/c11-5(12)1-4(24(20,21)22)8(16)23-7(15)3-10(19,9(17)18)2-6(13)14/h4,19H,1-3H2,(H,11,12)(H,13,14)(H,17,18)(H,20,21,22). The molecule has 0 saturated heterocycles. The summed E-state index contributed by atoms with van der Waals surface area (Å²) in [4.78, 5) is 54.5. The molecule has 0 bridgehead atoms. The molecule has 0 aromatic rings. The van der Waals surface area contributed by atoms with E-state index in [9.17, 15) is 37.5 Å². The molecular weight excluding hydrogens is 360 g/mol. The summed E-state index contributed by atoms with van der Waals surface area (Å²) in [5.41, 5.74) is -3.15. The van der Waals surface area contributed by atoms with Crippen molar-refractivity contribution in [3.63, 3.8) is 0 Å². The molecule has 0 spiro atoms. The van der Waals surface area contributed by atoms with Gasteiger partial charge in [-0.1, -0.05) is 0 Å². The first-order valence-corrected chi connectivity index (χ1v) is 7.29. The summed E-state index contributed by atoms with van der Waals surface area (Å²) < 4.78 is 34.4. The van der Waals surface area contributed by atoms with E-state index in [0.717, 1.165) is 0 Å². The van der Waals surface area contributed by atoms with Gasteiger partial charge in [0, 0.05) is 0 Å². The van der Waals surface area contributed by atoms with Crippen molar-refractivity contribution in [1.82, 2.24) is 0 Å². The number of hydrogen-bond acceptors (Lipinski definition) is 9. The largest absolute Gasteiger partial charge is 0.481 e. The second-order valence-electron chi connectivity index (χ2n) is 4.48. The Bertz CT molecular complexity index is 662. The summed E-state index contributed by atoms with van der Waals surface area (Å²) in [6.45, 7) is 0. The molecule has 0 aliphatic carbocycles.